The van der Waals surface area contributed by atoms with E-state index < -0.39 is 30.5 Å². The van der Waals surface area contributed by atoms with E-state index in [2.05, 4.69) is 0 Å². The van der Waals surface area contributed by atoms with Gasteiger partial charge >= 0.3 is 0 Å². The number of nitrogens with two attached hydrogens (primary N) is 2. The second kappa shape index (κ2) is 5.72. The van der Waals surface area contributed by atoms with Crippen molar-refractivity contribution in [3.8, 4) is 5.75 Å². The number of fused-ring (bicyclic) bond motifs is 1. The first-order valence-corrected chi connectivity index (χ1v) is 7.08. The number of carbonyl (C=O) groups excluding carboxylic acids is 2. The Bertz CT molecular complexity index is 777. The van der Waals surface area contributed by atoms with Crippen molar-refractivity contribution < 1.29 is 18.7 Å². The zero-order valence-electron chi connectivity index (χ0n) is 12.2. The average Bonchev–Trinajstić information content (AvgIpc) is 2.92. The summed E-state index contributed by atoms with van der Waals surface area (Å²) in [4.78, 5) is 23.2. The predicted octanol–water partition coefficient (Wildman–Crippen LogP) is 1.75. The maximum atomic E-state index is 13.5. The third-order valence-corrected chi connectivity index (χ3v) is 3.95. The van der Waals surface area contributed by atoms with E-state index in [1.807, 2.05) is 30.3 Å². The number of hydrogen-bond donors (Lipinski definition) is 2. The van der Waals surface area contributed by atoms with Crippen LogP contribution in [0.3, 0.4) is 0 Å². The van der Waals surface area contributed by atoms with Gasteiger partial charge in [-0.05, 0) is 17.7 Å². The Labute approximate surface area is 132 Å². The molecule has 1 aliphatic rings. The Morgan fingerprint density at radius 3 is 2.35 bits per heavy atom. The maximum absolute atomic E-state index is 13.5. The van der Waals surface area contributed by atoms with E-state index in [9.17, 15) is 14.0 Å². The monoisotopic (exact) mass is 314 g/mol. The van der Waals surface area contributed by atoms with Gasteiger partial charge in [-0.1, -0.05) is 30.3 Å². The highest BCUT2D eigenvalue weighted by molar-refractivity contribution is 6.01. The molecule has 0 saturated heterocycles. The fraction of sp³-hybridized carbons (Fsp3) is 0.176. The van der Waals surface area contributed by atoms with Gasteiger partial charge in [-0.3, -0.25) is 9.59 Å². The van der Waals surface area contributed by atoms with Gasteiger partial charge in [0.2, 0.25) is 5.91 Å². The van der Waals surface area contributed by atoms with Gasteiger partial charge in [0, 0.05) is 11.1 Å². The van der Waals surface area contributed by atoms with Crippen LogP contribution >= 0.6 is 0 Å². The first-order valence-electron chi connectivity index (χ1n) is 7.08. The molecule has 0 aromatic heterocycles. The van der Waals surface area contributed by atoms with E-state index in [0.29, 0.717) is 5.56 Å². The molecule has 0 bridgehead atoms. The lowest BCUT2D eigenvalue weighted by atomic mass is 9.86. The molecule has 1 aliphatic heterocycles. The first-order chi connectivity index (χ1) is 11.0. The van der Waals surface area contributed by atoms with Gasteiger partial charge in [-0.25, -0.2) is 4.39 Å². The second-order valence-electron chi connectivity index (χ2n) is 5.37. The summed E-state index contributed by atoms with van der Waals surface area (Å²) in [7, 11) is 0. The number of carbonyl (C=O) groups is 2. The topological polar surface area (TPSA) is 95.4 Å². The standard InChI is InChI=1S/C17H15FN2O3/c18-8-13-14(9-4-2-1-3-5-9)11-6-10(16(19)21)7-12(17(20)22)15(11)23-13/h1-7,13-14H,8H2,(H2,19,21)(H2,20,22). The molecule has 118 valence electrons. The maximum Gasteiger partial charge on any atom is 0.252 e. The average molecular weight is 314 g/mol. The lowest BCUT2D eigenvalue weighted by Crippen LogP contribution is -2.22. The highest BCUT2D eigenvalue weighted by Gasteiger charge is 2.38. The van der Waals surface area contributed by atoms with Crippen molar-refractivity contribution >= 4 is 11.8 Å². The van der Waals surface area contributed by atoms with Crippen molar-refractivity contribution in [2.24, 2.45) is 11.5 Å². The van der Waals surface area contributed by atoms with Gasteiger partial charge in [0.05, 0.1) is 11.5 Å². The van der Waals surface area contributed by atoms with Crippen molar-refractivity contribution in [3.63, 3.8) is 0 Å². The first kappa shape index (κ1) is 15.0. The molecule has 1 heterocycles. The summed E-state index contributed by atoms with van der Waals surface area (Å²) >= 11 is 0. The van der Waals surface area contributed by atoms with Crippen LogP contribution in [0.5, 0.6) is 5.75 Å². The fourth-order valence-electron chi connectivity index (χ4n) is 2.93. The molecule has 2 unspecified atom stereocenters. The van der Waals surface area contributed by atoms with Crippen molar-refractivity contribution in [2.45, 2.75) is 12.0 Å². The summed E-state index contributed by atoms with van der Waals surface area (Å²) in [6.45, 7) is -0.738. The quantitative estimate of drug-likeness (QED) is 0.900. The SMILES string of the molecule is NC(=O)c1cc(C(N)=O)c2c(c1)C(c1ccccc1)C(CF)O2. The number of rotatable bonds is 4. The lowest BCUT2D eigenvalue weighted by Gasteiger charge is -2.16. The Morgan fingerprint density at radius 1 is 1.09 bits per heavy atom. The van der Waals surface area contributed by atoms with Crippen LogP contribution in [0, 0.1) is 0 Å². The van der Waals surface area contributed by atoms with Crippen molar-refractivity contribution in [1.29, 1.82) is 0 Å². The van der Waals surface area contributed by atoms with E-state index in [1.54, 1.807) is 0 Å². The van der Waals surface area contributed by atoms with Crippen LogP contribution in [-0.2, 0) is 0 Å². The molecule has 0 radical (unpaired) electrons. The lowest BCUT2D eigenvalue weighted by molar-refractivity contribution is 0.0992. The van der Waals surface area contributed by atoms with Crippen molar-refractivity contribution in [3.05, 3.63) is 64.7 Å². The molecule has 0 aliphatic carbocycles. The van der Waals surface area contributed by atoms with Crippen LogP contribution in [0.4, 0.5) is 4.39 Å². The molecule has 0 spiro atoms. The zero-order chi connectivity index (χ0) is 16.6. The van der Waals surface area contributed by atoms with E-state index in [4.69, 9.17) is 16.2 Å². The van der Waals surface area contributed by atoms with Gasteiger partial charge in [0.1, 0.15) is 18.5 Å². The molecular weight excluding hydrogens is 299 g/mol. The summed E-state index contributed by atoms with van der Waals surface area (Å²) in [6, 6.07) is 12.0. The minimum absolute atomic E-state index is 0.0354. The molecule has 2 aromatic rings. The van der Waals surface area contributed by atoms with E-state index >= 15 is 0 Å². The number of benzene rings is 2. The normalized spacial score (nSPS) is 19.0. The van der Waals surface area contributed by atoms with Crippen LogP contribution in [0.1, 0.15) is 37.8 Å². The Kier molecular flexibility index (Phi) is 3.73. The zero-order valence-corrected chi connectivity index (χ0v) is 12.2. The highest BCUT2D eigenvalue weighted by atomic mass is 19.1. The highest BCUT2D eigenvalue weighted by Crippen LogP contribution is 2.45. The Morgan fingerprint density at radius 2 is 1.78 bits per heavy atom. The van der Waals surface area contributed by atoms with E-state index in [-0.39, 0.29) is 16.9 Å². The van der Waals surface area contributed by atoms with Crippen LogP contribution < -0.4 is 16.2 Å². The summed E-state index contributed by atoms with van der Waals surface area (Å²) in [5, 5.41) is 0. The van der Waals surface area contributed by atoms with Crippen LogP contribution in [-0.4, -0.2) is 24.6 Å². The largest absolute Gasteiger partial charge is 0.486 e. The summed E-state index contributed by atoms with van der Waals surface area (Å²) in [5.74, 6) is -1.66. The molecule has 5 nitrogen and oxygen atoms in total. The molecule has 2 amide bonds. The van der Waals surface area contributed by atoms with Gasteiger partial charge in [-0.15, -0.1) is 0 Å². The minimum atomic E-state index is -0.784. The van der Waals surface area contributed by atoms with Gasteiger partial charge in [0.25, 0.3) is 5.91 Å². The molecular formula is C17H15FN2O3. The molecule has 3 rings (SSSR count). The van der Waals surface area contributed by atoms with Crippen LogP contribution in [0.15, 0.2) is 42.5 Å². The van der Waals surface area contributed by atoms with Gasteiger partial charge < -0.3 is 16.2 Å². The summed E-state index contributed by atoms with van der Waals surface area (Å²) in [5.41, 5.74) is 12.2. The number of alkyl halides is 1. The predicted molar refractivity (Wildman–Crippen MR) is 82.2 cm³/mol. The smallest absolute Gasteiger partial charge is 0.252 e. The third kappa shape index (κ3) is 2.52. The summed E-state index contributed by atoms with van der Waals surface area (Å²) < 4.78 is 19.1. The second-order valence-corrected chi connectivity index (χ2v) is 5.37. The van der Waals surface area contributed by atoms with Crippen molar-refractivity contribution in [2.75, 3.05) is 6.67 Å². The van der Waals surface area contributed by atoms with Crippen LogP contribution in [0.25, 0.3) is 0 Å². The number of primary amides is 2. The Hall–Kier alpha value is -2.89. The van der Waals surface area contributed by atoms with E-state index in [1.165, 1.54) is 12.1 Å². The molecule has 0 saturated carbocycles. The molecule has 0 fully saturated rings. The Balaban J connectivity index is 2.23. The van der Waals surface area contributed by atoms with Gasteiger partial charge in [0.15, 0.2) is 0 Å². The number of ether oxygens (including phenoxy) is 1. The molecule has 6 heteroatoms. The number of amides is 2. The van der Waals surface area contributed by atoms with Crippen molar-refractivity contribution in [1.82, 2.24) is 0 Å². The molecule has 4 N–H and O–H groups in total. The number of hydrogen-bond acceptors (Lipinski definition) is 3. The minimum Gasteiger partial charge on any atom is -0.486 e. The molecule has 2 aromatic carbocycles. The van der Waals surface area contributed by atoms with Gasteiger partial charge in [-0.2, -0.15) is 0 Å². The third-order valence-electron chi connectivity index (χ3n) is 3.95. The summed E-state index contributed by atoms with van der Waals surface area (Å²) in [6.07, 6.45) is -0.784. The fourth-order valence-corrected chi connectivity index (χ4v) is 2.93. The number of halogens is 1. The molecule has 2 atom stereocenters. The van der Waals surface area contributed by atoms with Crippen LogP contribution in [0.2, 0.25) is 0 Å². The molecule has 23 heavy (non-hydrogen) atoms. The van der Waals surface area contributed by atoms with E-state index in [0.717, 1.165) is 5.56 Å².